The van der Waals surface area contributed by atoms with Crippen LogP contribution in [0.15, 0.2) is 188 Å². The van der Waals surface area contributed by atoms with Crippen LogP contribution >= 0.6 is 11.3 Å². The van der Waals surface area contributed by atoms with Crippen molar-refractivity contribution in [3.63, 3.8) is 0 Å². The number of aryl methyl sites for hydroxylation is 1. The Bertz CT molecular complexity index is 3130. The van der Waals surface area contributed by atoms with E-state index in [4.69, 9.17) is 9.97 Å². The lowest BCUT2D eigenvalue weighted by Crippen LogP contribution is -2.74. The number of fused-ring (bicyclic) bond motifs is 7. The number of aromatic nitrogens is 3. The Balaban J connectivity index is 1.23. The van der Waals surface area contributed by atoms with E-state index in [-0.39, 0.29) is 5.41 Å². The minimum Gasteiger partial charge on any atom is -0.327 e. The first-order valence-electron chi connectivity index (χ1n) is 19.9. The second kappa shape index (κ2) is 13.2. The molecule has 11 rings (SSSR count). The Morgan fingerprint density at radius 3 is 2.00 bits per heavy atom. The van der Waals surface area contributed by atoms with Gasteiger partial charge >= 0.3 is 0 Å². The zero-order valence-corrected chi connectivity index (χ0v) is 34.4. The van der Waals surface area contributed by atoms with E-state index < -0.39 is 8.07 Å². The fourth-order valence-corrected chi connectivity index (χ4v) is 15.7. The third-order valence-electron chi connectivity index (χ3n) is 12.4. The van der Waals surface area contributed by atoms with Gasteiger partial charge in [0, 0.05) is 39.7 Å². The zero-order chi connectivity index (χ0) is 39.0. The summed E-state index contributed by atoms with van der Waals surface area (Å²) >= 11 is 1.88. The third-order valence-corrected chi connectivity index (χ3v) is 18.3. The van der Waals surface area contributed by atoms with E-state index in [0.29, 0.717) is 0 Å². The van der Waals surface area contributed by atoms with Gasteiger partial charge in [0.15, 0.2) is 8.07 Å². The highest BCUT2D eigenvalue weighted by molar-refractivity contribution is 7.26. The number of hydrogen-bond acceptors (Lipinski definition) is 4. The molecule has 6 heteroatoms. The van der Waals surface area contributed by atoms with E-state index in [1.54, 1.807) is 0 Å². The van der Waals surface area contributed by atoms with E-state index in [1.807, 2.05) is 23.6 Å². The number of hydrogen-bond donors (Lipinski definition) is 0. The van der Waals surface area contributed by atoms with Crippen LogP contribution in [-0.4, -0.2) is 22.6 Å². The number of imidazole rings is 1. The Morgan fingerprint density at radius 2 is 1.24 bits per heavy atom. The second-order valence-corrected chi connectivity index (χ2v) is 20.7. The predicted octanol–water partition coefficient (Wildman–Crippen LogP) is 10.5. The number of para-hydroxylation sites is 2. The molecule has 1 aliphatic heterocycles. The Labute approximate surface area is 343 Å². The minimum atomic E-state index is -3.01. The topological polar surface area (TPSA) is 34.0 Å². The highest BCUT2D eigenvalue weighted by Gasteiger charge is 2.45. The molecule has 0 amide bonds. The molecule has 7 aromatic carbocycles. The molecule has 0 radical (unpaired) electrons. The fraction of sp³-hybridized carbons (Fsp3) is 0.0769. The molecule has 4 heterocycles. The first-order valence-corrected chi connectivity index (χ1v) is 22.7. The molecule has 58 heavy (non-hydrogen) atoms. The Morgan fingerprint density at radius 1 is 0.569 bits per heavy atom. The SMILES string of the molecule is Cn1c(-c2cccc([Si](c3ccccc3)(c3ccccc3)c3ccc4c(c3)N(c3ccccn3)c3c(ccc5c3sc3ccccc35)C4(C)C)c2)nc2ccccc21. The quantitative estimate of drug-likeness (QED) is 0.125. The van der Waals surface area contributed by atoms with Crippen molar-refractivity contribution < 1.29 is 0 Å². The summed E-state index contributed by atoms with van der Waals surface area (Å²) in [6.45, 7) is 4.78. The molecule has 0 atom stereocenters. The summed E-state index contributed by atoms with van der Waals surface area (Å²) in [6.07, 6.45) is 1.92. The van der Waals surface area contributed by atoms with Crippen molar-refractivity contribution in [1.82, 2.24) is 14.5 Å². The van der Waals surface area contributed by atoms with Gasteiger partial charge in [-0.2, -0.15) is 0 Å². The summed E-state index contributed by atoms with van der Waals surface area (Å²) in [7, 11) is -0.886. The van der Waals surface area contributed by atoms with Crippen molar-refractivity contribution in [2.24, 2.45) is 7.05 Å². The number of benzene rings is 7. The van der Waals surface area contributed by atoms with E-state index in [2.05, 4.69) is 206 Å². The average Bonchev–Trinajstić information content (AvgIpc) is 3.83. The highest BCUT2D eigenvalue weighted by Crippen LogP contribution is 2.55. The lowest BCUT2D eigenvalue weighted by atomic mass is 9.73. The lowest BCUT2D eigenvalue weighted by molar-refractivity contribution is 0.633. The van der Waals surface area contributed by atoms with Gasteiger partial charge in [0.1, 0.15) is 11.6 Å². The number of anilines is 3. The van der Waals surface area contributed by atoms with Crippen LogP contribution in [0.4, 0.5) is 17.2 Å². The molecule has 0 N–H and O–H groups in total. The van der Waals surface area contributed by atoms with Gasteiger partial charge in [-0.3, -0.25) is 4.90 Å². The van der Waals surface area contributed by atoms with Gasteiger partial charge in [0.2, 0.25) is 0 Å². The molecule has 0 unspecified atom stereocenters. The molecular formula is C52H40N4SSi. The van der Waals surface area contributed by atoms with Crippen molar-refractivity contribution in [1.29, 1.82) is 0 Å². The molecule has 278 valence electrons. The first kappa shape index (κ1) is 34.6. The monoisotopic (exact) mass is 780 g/mol. The van der Waals surface area contributed by atoms with Gasteiger partial charge < -0.3 is 4.57 Å². The van der Waals surface area contributed by atoms with Crippen LogP contribution in [0.3, 0.4) is 0 Å². The van der Waals surface area contributed by atoms with Crippen LogP contribution in [0.25, 0.3) is 42.6 Å². The maximum atomic E-state index is 5.17. The normalized spacial score (nSPS) is 13.5. The minimum absolute atomic E-state index is 0.275. The van der Waals surface area contributed by atoms with E-state index in [0.717, 1.165) is 28.2 Å². The van der Waals surface area contributed by atoms with Crippen molar-refractivity contribution in [2.75, 3.05) is 4.90 Å². The summed E-state index contributed by atoms with van der Waals surface area (Å²) in [5, 5.41) is 7.86. The molecule has 0 spiro atoms. The number of pyridine rings is 1. The fourth-order valence-electron chi connectivity index (χ4n) is 9.64. The highest BCUT2D eigenvalue weighted by atomic mass is 32.1. The predicted molar refractivity (Wildman–Crippen MR) is 247 cm³/mol. The smallest absolute Gasteiger partial charge is 0.179 e. The molecule has 0 aliphatic carbocycles. The van der Waals surface area contributed by atoms with Crippen molar-refractivity contribution in [2.45, 2.75) is 19.3 Å². The van der Waals surface area contributed by atoms with Crippen LogP contribution in [0, 0.1) is 0 Å². The van der Waals surface area contributed by atoms with Gasteiger partial charge in [-0.25, -0.2) is 9.97 Å². The van der Waals surface area contributed by atoms with Crippen molar-refractivity contribution in [3.05, 3.63) is 199 Å². The summed E-state index contributed by atoms with van der Waals surface area (Å²) in [6, 6.07) is 67.2. The molecule has 0 bridgehead atoms. The summed E-state index contributed by atoms with van der Waals surface area (Å²) in [5.74, 6) is 1.88. The van der Waals surface area contributed by atoms with Crippen LogP contribution in [0.5, 0.6) is 0 Å². The molecule has 1 aliphatic rings. The maximum Gasteiger partial charge on any atom is 0.179 e. The molecule has 0 saturated heterocycles. The van der Waals surface area contributed by atoms with Crippen LogP contribution in [0.2, 0.25) is 0 Å². The second-order valence-electron chi connectivity index (χ2n) is 15.9. The maximum absolute atomic E-state index is 5.17. The molecule has 10 aromatic rings. The average molecular weight is 781 g/mol. The Kier molecular flexibility index (Phi) is 7.90. The van der Waals surface area contributed by atoms with Crippen LogP contribution in [-0.2, 0) is 12.5 Å². The van der Waals surface area contributed by atoms with Crippen LogP contribution in [0.1, 0.15) is 25.0 Å². The summed E-state index contributed by atoms with van der Waals surface area (Å²) < 4.78 is 4.81. The van der Waals surface area contributed by atoms with Crippen LogP contribution < -0.4 is 25.6 Å². The standard InChI is InChI=1S/C52H40N4SSi/c1-52(2)42-30-28-39(34-46(42)56(48-27-14-15-32-53-48)49-43(52)31-29-41-40-23-10-13-26-47(40)57-50(41)49)58(36-18-6-4-7-19-36,37-20-8-5-9-21-37)38-22-16-17-35(33-38)51-54-44-24-11-12-25-45(44)55(51)3/h4-34H,1-3H3. The third kappa shape index (κ3) is 5.05. The van der Waals surface area contributed by atoms with Gasteiger partial charge in [-0.05, 0) is 68.3 Å². The van der Waals surface area contributed by atoms with Crippen molar-refractivity contribution in [3.8, 4) is 11.4 Å². The van der Waals surface area contributed by atoms with Gasteiger partial charge in [0.05, 0.1) is 27.1 Å². The Hall–Kier alpha value is -6.60. The molecule has 3 aromatic heterocycles. The van der Waals surface area contributed by atoms with Gasteiger partial charge in [0.25, 0.3) is 0 Å². The van der Waals surface area contributed by atoms with Crippen molar-refractivity contribution >= 4 is 88.6 Å². The first-order chi connectivity index (χ1) is 28.4. The van der Waals surface area contributed by atoms with E-state index in [1.165, 1.54) is 63.4 Å². The summed E-state index contributed by atoms with van der Waals surface area (Å²) in [4.78, 5) is 12.7. The lowest BCUT2D eigenvalue weighted by Gasteiger charge is -2.43. The van der Waals surface area contributed by atoms with Gasteiger partial charge in [-0.1, -0.05) is 159 Å². The number of thiophene rings is 1. The van der Waals surface area contributed by atoms with Gasteiger partial charge in [-0.15, -0.1) is 11.3 Å². The number of rotatable bonds is 6. The molecular weight excluding hydrogens is 741 g/mol. The van der Waals surface area contributed by atoms with E-state index in [9.17, 15) is 0 Å². The number of nitrogens with zero attached hydrogens (tertiary/aromatic N) is 4. The zero-order valence-electron chi connectivity index (χ0n) is 32.6. The summed E-state index contributed by atoms with van der Waals surface area (Å²) in [5.41, 5.74) is 7.95. The van der Waals surface area contributed by atoms with E-state index >= 15 is 0 Å². The molecule has 0 saturated carbocycles. The molecule has 0 fully saturated rings. The molecule has 4 nitrogen and oxygen atoms in total. The largest absolute Gasteiger partial charge is 0.327 e.